The second-order valence-electron chi connectivity index (χ2n) is 8.90. The van der Waals surface area contributed by atoms with E-state index in [0.717, 1.165) is 24.8 Å². The van der Waals surface area contributed by atoms with Crippen molar-refractivity contribution in [1.82, 2.24) is 0 Å². The Bertz CT molecular complexity index is 695. The summed E-state index contributed by atoms with van der Waals surface area (Å²) in [6.45, 7) is 9.08. The Hall–Kier alpha value is -1.27. The number of carbonyl (C=O) groups excluding carboxylic acids is 2. The number of carbonyl (C=O) groups is 2. The zero-order valence-electron chi connectivity index (χ0n) is 17.6. The lowest BCUT2D eigenvalue weighted by atomic mass is 9.82. The van der Waals surface area contributed by atoms with Crippen LogP contribution in [0.1, 0.15) is 85.4 Å². The van der Waals surface area contributed by atoms with E-state index in [1.807, 2.05) is 19.1 Å². The highest BCUT2D eigenvalue weighted by atomic mass is 31.2. The minimum atomic E-state index is -0.591. The van der Waals surface area contributed by atoms with Crippen LogP contribution in [0.5, 0.6) is 0 Å². The third kappa shape index (κ3) is 6.68. The number of benzene rings is 1. The van der Waals surface area contributed by atoms with Crippen LogP contribution in [0.3, 0.4) is 0 Å². The van der Waals surface area contributed by atoms with Gasteiger partial charge in [0.1, 0.15) is 0 Å². The van der Waals surface area contributed by atoms with Gasteiger partial charge in [-0.3, -0.25) is 9.59 Å². The summed E-state index contributed by atoms with van der Waals surface area (Å²) in [6.07, 6.45) is 12.3. The lowest BCUT2D eigenvalue weighted by Gasteiger charge is -2.18. The van der Waals surface area contributed by atoms with Gasteiger partial charge in [0.15, 0.2) is 11.6 Å². The number of hydrogen-bond donors (Lipinski definition) is 0. The van der Waals surface area contributed by atoms with Crippen LogP contribution in [0, 0.1) is 0 Å². The van der Waals surface area contributed by atoms with Gasteiger partial charge in [0.2, 0.25) is 0 Å². The predicted octanol–water partition coefficient (Wildman–Crippen LogP) is 6.80. The Kier molecular flexibility index (Phi) is 8.42. The summed E-state index contributed by atoms with van der Waals surface area (Å²) in [5.74, 6) is 0.0855. The van der Waals surface area contributed by atoms with Crippen LogP contribution in [0.25, 0.3) is 0 Å². The van der Waals surface area contributed by atoms with Gasteiger partial charge in [-0.2, -0.15) is 0 Å². The van der Waals surface area contributed by atoms with Gasteiger partial charge >= 0.3 is 0 Å². The first-order chi connectivity index (χ1) is 12.8. The first kappa shape index (κ1) is 22.0. The maximum atomic E-state index is 12.7. The summed E-state index contributed by atoms with van der Waals surface area (Å²) in [5.41, 5.74) is 2.54. The normalized spacial score (nSPS) is 14.7. The molecule has 0 fully saturated rings. The quantitative estimate of drug-likeness (QED) is 0.309. The molecule has 0 bridgehead atoms. The van der Waals surface area contributed by atoms with Gasteiger partial charge in [0.25, 0.3) is 0 Å². The van der Waals surface area contributed by atoms with E-state index < -0.39 is 7.26 Å². The molecule has 0 atom stereocenters. The lowest BCUT2D eigenvalue weighted by Crippen LogP contribution is -2.20. The van der Waals surface area contributed by atoms with Crippen LogP contribution in [0.2, 0.25) is 0 Å². The molecule has 0 radical (unpaired) electrons. The largest absolute Gasteiger partial charge is 0.289 e. The highest BCUT2D eigenvalue weighted by molar-refractivity contribution is 7.73. The number of unbranched alkanes of at least 4 members (excludes halogenated alkanes) is 7. The molecule has 27 heavy (non-hydrogen) atoms. The molecule has 0 amide bonds. The fraction of sp³-hybridized carbons (Fsp3) is 0.583. The van der Waals surface area contributed by atoms with Crippen LogP contribution in [-0.2, 0) is 0 Å². The topological polar surface area (TPSA) is 34.1 Å². The van der Waals surface area contributed by atoms with Crippen molar-refractivity contribution in [3.8, 4) is 0 Å². The molecule has 2 nitrogen and oxygen atoms in total. The second-order valence-corrected chi connectivity index (χ2v) is 13.9. The van der Waals surface area contributed by atoms with Crippen LogP contribution < -0.4 is 0 Å². The summed E-state index contributed by atoms with van der Waals surface area (Å²) in [5, 5.41) is 0. The summed E-state index contributed by atoms with van der Waals surface area (Å²) >= 11 is 0. The Labute approximate surface area is 166 Å². The third-order valence-corrected chi connectivity index (χ3v) is 7.15. The highest BCUT2D eigenvalue weighted by Crippen LogP contribution is 2.47. The molecule has 0 saturated heterocycles. The standard InChI is InChI=1S/C24H36O2P/c1-19-20(24(26)22-17-13-12-16-21(22)23(19)25)15-11-9-7-5-6-8-10-14-18-27(2,3)4/h12-13,16-17H,5-11,14-15,18H2,1-4H3/q+1. The van der Waals surface area contributed by atoms with E-state index in [-0.39, 0.29) is 11.6 Å². The van der Waals surface area contributed by atoms with Crippen molar-refractivity contribution >= 4 is 18.8 Å². The third-order valence-electron chi connectivity index (χ3n) is 5.49. The van der Waals surface area contributed by atoms with Gasteiger partial charge in [0.05, 0.1) is 6.16 Å². The van der Waals surface area contributed by atoms with Gasteiger partial charge in [-0.1, -0.05) is 56.4 Å². The van der Waals surface area contributed by atoms with E-state index in [4.69, 9.17) is 0 Å². The SMILES string of the molecule is CC1=C(CCCCCCCCCC[P+](C)(C)C)C(=O)c2ccccc2C1=O. The first-order valence-corrected chi connectivity index (χ1v) is 13.8. The number of ketones is 2. The number of allylic oxidation sites excluding steroid dienone is 2. The minimum Gasteiger partial charge on any atom is -0.289 e. The average Bonchev–Trinajstić information content (AvgIpc) is 2.63. The van der Waals surface area contributed by atoms with E-state index in [1.54, 1.807) is 12.1 Å². The minimum absolute atomic E-state index is 0.0258. The highest BCUT2D eigenvalue weighted by Gasteiger charge is 2.28. The van der Waals surface area contributed by atoms with Gasteiger partial charge in [0, 0.05) is 49.5 Å². The van der Waals surface area contributed by atoms with Crippen LogP contribution in [0.4, 0.5) is 0 Å². The smallest absolute Gasteiger partial charge is 0.190 e. The second kappa shape index (κ2) is 10.3. The van der Waals surface area contributed by atoms with Crippen LogP contribution >= 0.6 is 7.26 Å². The molecule has 1 aromatic carbocycles. The van der Waals surface area contributed by atoms with Crippen molar-refractivity contribution in [2.75, 3.05) is 26.2 Å². The van der Waals surface area contributed by atoms with E-state index >= 15 is 0 Å². The molecular formula is C24H36O2P+. The molecule has 2 rings (SSSR count). The Morgan fingerprint density at radius 3 is 1.74 bits per heavy atom. The van der Waals surface area contributed by atoms with Gasteiger partial charge in [-0.25, -0.2) is 0 Å². The number of fused-ring (bicyclic) bond motifs is 1. The summed E-state index contributed by atoms with van der Waals surface area (Å²) in [4.78, 5) is 25.2. The van der Waals surface area contributed by atoms with E-state index in [0.29, 0.717) is 16.7 Å². The number of hydrogen-bond acceptors (Lipinski definition) is 2. The molecule has 0 unspecified atom stereocenters. The van der Waals surface area contributed by atoms with Gasteiger partial charge in [-0.15, -0.1) is 0 Å². The monoisotopic (exact) mass is 387 g/mol. The van der Waals surface area contributed by atoms with E-state index in [9.17, 15) is 9.59 Å². The molecule has 0 spiro atoms. The van der Waals surface area contributed by atoms with Gasteiger partial charge < -0.3 is 0 Å². The molecule has 148 valence electrons. The average molecular weight is 388 g/mol. The van der Waals surface area contributed by atoms with Crippen molar-refractivity contribution in [3.05, 3.63) is 46.5 Å². The summed E-state index contributed by atoms with van der Waals surface area (Å²) in [6, 6.07) is 7.21. The molecule has 3 heteroatoms. The van der Waals surface area contributed by atoms with E-state index in [1.165, 1.54) is 44.7 Å². The maximum absolute atomic E-state index is 12.7. The molecule has 0 saturated carbocycles. The van der Waals surface area contributed by atoms with Crippen LogP contribution in [-0.4, -0.2) is 37.7 Å². The fourth-order valence-electron chi connectivity index (χ4n) is 3.80. The number of rotatable bonds is 11. The molecular weight excluding hydrogens is 351 g/mol. The van der Waals surface area contributed by atoms with Crippen molar-refractivity contribution in [1.29, 1.82) is 0 Å². The molecule has 0 aliphatic heterocycles. The predicted molar refractivity (Wildman–Crippen MR) is 119 cm³/mol. The molecule has 0 heterocycles. The van der Waals surface area contributed by atoms with Crippen molar-refractivity contribution in [3.63, 3.8) is 0 Å². The van der Waals surface area contributed by atoms with Crippen molar-refractivity contribution in [2.24, 2.45) is 0 Å². The molecule has 1 aromatic rings. The van der Waals surface area contributed by atoms with Gasteiger partial charge in [-0.05, 0) is 32.6 Å². The summed E-state index contributed by atoms with van der Waals surface area (Å²) < 4.78 is 0. The lowest BCUT2D eigenvalue weighted by molar-refractivity contribution is 0.0971. The fourth-order valence-corrected chi connectivity index (χ4v) is 4.97. The Morgan fingerprint density at radius 1 is 0.704 bits per heavy atom. The molecule has 0 aromatic heterocycles. The van der Waals surface area contributed by atoms with E-state index in [2.05, 4.69) is 20.0 Å². The van der Waals surface area contributed by atoms with Crippen LogP contribution in [0.15, 0.2) is 35.4 Å². The van der Waals surface area contributed by atoms with Crippen molar-refractivity contribution < 1.29 is 9.59 Å². The first-order valence-electron chi connectivity index (χ1n) is 10.5. The molecule has 1 aliphatic carbocycles. The maximum Gasteiger partial charge on any atom is 0.190 e. The molecule has 0 N–H and O–H groups in total. The number of Topliss-reactive ketones (excluding diaryl/α,β-unsaturated/α-hetero) is 2. The zero-order valence-corrected chi connectivity index (χ0v) is 18.5. The van der Waals surface area contributed by atoms with Crippen molar-refractivity contribution in [2.45, 2.75) is 64.7 Å². The Morgan fingerprint density at radius 2 is 1.19 bits per heavy atom. The zero-order chi connectivity index (χ0) is 19.9. The molecule has 1 aliphatic rings. The summed E-state index contributed by atoms with van der Waals surface area (Å²) in [7, 11) is -0.591. The Balaban J connectivity index is 1.65.